The van der Waals surface area contributed by atoms with Gasteiger partial charge >= 0.3 is 6.09 Å². The second kappa shape index (κ2) is 8.82. The second-order valence-electron chi connectivity index (χ2n) is 5.71. The molecule has 0 unspecified atom stereocenters. The van der Waals surface area contributed by atoms with Crippen LogP contribution >= 0.6 is 11.8 Å². The van der Waals surface area contributed by atoms with Crippen molar-refractivity contribution in [2.75, 3.05) is 20.3 Å². The summed E-state index contributed by atoms with van der Waals surface area (Å²) in [5.41, 5.74) is 0.648. The number of nitro benzene ring substituents is 1. The first-order valence-corrected chi connectivity index (χ1v) is 8.61. The Morgan fingerprint density at radius 1 is 1.36 bits per heavy atom. The summed E-state index contributed by atoms with van der Waals surface area (Å²) in [4.78, 5) is 35.4. The van der Waals surface area contributed by atoms with E-state index in [0.717, 1.165) is 0 Å². The molecule has 1 aliphatic heterocycles. The molecule has 1 saturated heterocycles. The Morgan fingerprint density at radius 2 is 2.04 bits per heavy atom. The highest BCUT2D eigenvalue weighted by Crippen LogP contribution is 2.29. The number of methoxy groups -OCH3 is 1. The van der Waals surface area contributed by atoms with Gasteiger partial charge in [0.05, 0.1) is 17.6 Å². The summed E-state index contributed by atoms with van der Waals surface area (Å²) in [6, 6.07) is 5.71. The quantitative estimate of drug-likeness (QED) is 0.562. The maximum atomic E-state index is 12.4. The third kappa shape index (κ3) is 5.43. The second-order valence-corrected chi connectivity index (χ2v) is 7.18. The van der Waals surface area contributed by atoms with Crippen LogP contribution in [0.3, 0.4) is 0 Å². The van der Waals surface area contributed by atoms with Gasteiger partial charge in [0, 0.05) is 38.0 Å². The first kappa shape index (κ1) is 19.2. The van der Waals surface area contributed by atoms with Crippen molar-refractivity contribution < 1.29 is 24.0 Å². The Hall–Kier alpha value is -2.13. The van der Waals surface area contributed by atoms with Gasteiger partial charge in [0.2, 0.25) is 0 Å². The van der Waals surface area contributed by atoms with Crippen LogP contribution in [0.4, 0.5) is 10.5 Å². The Balaban J connectivity index is 1.93. The third-order valence-corrected chi connectivity index (χ3v) is 4.82. The van der Waals surface area contributed by atoms with E-state index in [1.165, 1.54) is 30.8 Å². The monoisotopic (exact) mass is 368 g/mol. The summed E-state index contributed by atoms with van der Waals surface area (Å²) in [5.74, 6) is 0. The number of benzene rings is 1. The molecule has 0 aliphatic carbocycles. The molecule has 0 radical (unpaired) electrons. The van der Waals surface area contributed by atoms with Crippen molar-refractivity contribution in [2.24, 2.45) is 0 Å². The normalized spacial score (nSPS) is 19.7. The van der Waals surface area contributed by atoms with Gasteiger partial charge in [-0.2, -0.15) is 0 Å². The number of likely N-dealkylation sites (tertiary alicyclic amines) is 1. The van der Waals surface area contributed by atoms with E-state index in [-0.39, 0.29) is 28.7 Å². The zero-order chi connectivity index (χ0) is 18.4. The van der Waals surface area contributed by atoms with Crippen LogP contribution in [0.5, 0.6) is 0 Å². The minimum absolute atomic E-state index is 0.0149. The Kier molecular flexibility index (Phi) is 6.77. The number of nitro groups is 1. The van der Waals surface area contributed by atoms with Crippen LogP contribution in [0.2, 0.25) is 0 Å². The van der Waals surface area contributed by atoms with E-state index in [1.54, 1.807) is 24.1 Å². The lowest BCUT2D eigenvalue weighted by Crippen LogP contribution is -2.38. The molecule has 2 atom stereocenters. The molecule has 1 heterocycles. The molecular formula is C16H20N2O6S. The first-order valence-electron chi connectivity index (χ1n) is 7.73. The molecule has 1 amide bonds. The molecule has 1 aromatic rings. The largest absolute Gasteiger partial charge is 0.445 e. The fraction of sp³-hybridized carbons (Fsp3) is 0.500. The fourth-order valence-corrected chi connectivity index (χ4v) is 3.73. The highest BCUT2D eigenvalue weighted by atomic mass is 32.2. The van der Waals surface area contributed by atoms with Crippen molar-refractivity contribution in [3.63, 3.8) is 0 Å². The van der Waals surface area contributed by atoms with Crippen molar-refractivity contribution in [2.45, 2.75) is 31.2 Å². The lowest BCUT2D eigenvalue weighted by atomic mass is 10.2. The van der Waals surface area contributed by atoms with Gasteiger partial charge in [-0.25, -0.2) is 4.79 Å². The van der Waals surface area contributed by atoms with Gasteiger partial charge in [-0.15, -0.1) is 0 Å². The van der Waals surface area contributed by atoms with Gasteiger partial charge in [0.25, 0.3) is 5.69 Å². The van der Waals surface area contributed by atoms with Crippen molar-refractivity contribution in [1.29, 1.82) is 0 Å². The Morgan fingerprint density at radius 3 is 2.60 bits per heavy atom. The van der Waals surface area contributed by atoms with Crippen LogP contribution in [0.1, 0.15) is 18.9 Å². The van der Waals surface area contributed by atoms with Crippen molar-refractivity contribution in [3.05, 3.63) is 39.9 Å². The highest BCUT2D eigenvalue weighted by molar-refractivity contribution is 8.14. The molecule has 0 spiro atoms. The summed E-state index contributed by atoms with van der Waals surface area (Å²) in [7, 11) is 1.56. The Labute approximate surface area is 149 Å². The number of hydrogen-bond acceptors (Lipinski definition) is 7. The first-order chi connectivity index (χ1) is 11.9. The number of carbonyl (C=O) groups excluding carboxylic acids is 2. The number of carbonyl (C=O) groups is 2. The summed E-state index contributed by atoms with van der Waals surface area (Å²) in [5, 5.41) is 10.7. The average molecular weight is 368 g/mol. The number of amides is 1. The molecule has 0 bridgehead atoms. The van der Waals surface area contributed by atoms with Gasteiger partial charge in [-0.3, -0.25) is 14.9 Å². The summed E-state index contributed by atoms with van der Waals surface area (Å²) < 4.78 is 10.5. The fourth-order valence-electron chi connectivity index (χ4n) is 2.71. The van der Waals surface area contributed by atoms with E-state index >= 15 is 0 Å². The molecule has 0 N–H and O–H groups in total. The van der Waals surface area contributed by atoms with Gasteiger partial charge in [0.1, 0.15) is 6.61 Å². The third-order valence-electron chi connectivity index (χ3n) is 3.81. The zero-order valence-corrected chi connectivity index (χ0v) is 14.9. The van der Waals surface area contributed by atoms with Crippen molar-refractivity contribution in [1.82, 2.24) is 4.90 Å². The van der Waals surface area contributed by atoms with E-state index in [2.05, 4.69) is 0 Å². The Bertz CT molecular complexity index is 636. The number of thioether (sulfide) groups is 1. The maximum Gasteiger partial charge on any atom is 0.410 e. The average Bonchev–Trinajstić information content (AvgIpc) is 2.95. The maximum absolute atomic E-state index is 12.4. The van der Waals surface area contributed by atoms with Crippen LogP contribution in [-0.2, 0) is 20.9 Å². The van der Waals surface area contributed by atoms with E-state index in [0.29, 0.717) is 25.1 Å². The zero-order valence-electron chi connectivity index (χ0n) is 14.0. The van der Waals surface area contributed by atoms with Crippen molar-refractivity contribution in [3.8, 4) is 0 Å². The molecule has 2 rings (SSSR count). The van der Waals surface area contributed by atoms with E-state index < -0.39 is 11.0 Å². The molecule has 1 aromatic carbocycles. The summed E-state index contributed by atoms with van der Waals surface area (Å²) >= 11 is 1.22. The molecule has 136 valence electrons. The molecule has 9 heteroatoms. The summed E-state index contributed by atoms with van der Waals surface area (Å²) in [6.45, 7) is 2.34. The lowest BCUT2D eigenvalue weighted by Gasteiger charge is -2.23. The van der Waals surface area contributed by atoms with Crippen molar-refractivity contribution >= 4 is 28.7 Å². The summed E-state index contributed by atoms with van der Waals surface area (Å²) in [6.07, 6.45) is 0.192. The molecule has 0 saturated carbocycles. The van der Waals surface area contributed by atoms with Gasteiger partial charge in [-0.05, 0) is 24.1 Å². The van der Waals surface area contributed by atoms with Gasteiger partial charge in [0.15, 0.2) is 5.12 Å². The minimum Gasteiger partial charge on any atom is -0.445 e. The molecule has 1 fully saturated rings. The van der Waals surface area contributed by atoms with Crippen LogP contribution in [0.15, 0.2) is 24.3 Å². The lowest BCUT2D eigenvalue weighted by molar-refractivity contribution is -0.384. The van der Waals surface area contributed by atoms with Crippen LogP contribution < -0.4 is 0 Å². The van der Waals surface area contributed by atoms with Crippen LogP contribution in [-0.4, -0.2) is 52.6 Å². The van der Waals surface area contributed by atoms with Crippen LogP contribution in [0.25, 0.3) is 0 Å². The highest BCUT2D eigenvalue weighted by Gasteiger charge is 2.37. The predicted molar refractivity (Wildman–Crippen MR) is 92.3 cm³/mol. The number of non-ortho nitro benzene ring substituents is 1. The van der Waals surface area contributed by atoms with Gasteiger partial charge < -0.3 is 14.4 Å². The number of ether oxygens (including phenoxy) is 2. The number of nitrogens with zero attached hydrogens (tertiary/aromatic N) is 2. The van der Waals surface area contributed by atoms with E-state index in [9.17, 15) is 19.7 Å². The van der Waals surface area contributed by atoms with Gasteiger partial charge in [-0.1, -0.05) is 11.8 Å². The molecular weight excluding hydrogens is 348 g/mol. The standard InChI is InChI=1S/C16H20N2O6S/c1-11(19)25-15-7-14(10-23-2)17(8-15)16(20)24-9-12-3-5-13(6-4-12)18(21)22/h3-6,14-15H,7-10H2,1-2H3/t14-,15-/m0/s1. The number of rotatable bonds is 6. The molecule has 1 aliphatic rings. The van der Waals surface area contributed by atoms with Crippen LogP contribution in [0, 0.1) is 10.1 Å². The van der Waals surface area contributed by atoms with E-state index in [4.69, 9.17) is 9.47 Å². The topological polar surface area (TPSA) is 99.0 Å². The van der Waals surface area contributed by atoms with E-state index in [1.807, 2.05) is 0 Å². The molecule has 25 heavy (non-hydrogen) atoms. The molecule has 8 nitrogen and oxygen atoms in total. The predicted octanol–water partition coefficient (Wildman–Crippen LogP) is 2.60. The smallest absolute Gasteiger partial charge is 0.410 e. The number of hydrogen-bond donors (Lipinski definition) is 0. The molecule has 0 aromatic heterocycles. The SMILES string of the molecule is COC[C@@H]1C[C@H](SC(C)=O)CN1C(=O)OCc1ccc([N+](=O)[O-])cc1. The minimum atomic E-state index is -0.484.